The van der Waals surface area contributed by atoms with Gasteiger partial charge in [-0.2, -0.15) is 0 Å². The first-order valence-electron chi connectivity index (χ1n) is 7.09. The molecule has 0 amide bonds. The minimum atomic E-state index is -0.875. The highest BCUT2D eigenvalue weighted by atomic mass is 19.1. The summed E-state index contributed by atoms with van der Waals surface area (Å²) in [6.07, 6.45) is -0.112. The zero-order chi connectivity index (χ0) is 17.0. The Labute approximate surface area is 131 Å². The van der Waals surface area contributed by atoms with Crippen molar-refractivity contribution in [1.82, 2.24) is 0 Å². The van der Waals surface area contributed by atoms with Crippen molar-refractivity contribution >= 4 is 5.97 Å². The molecule has 0 heterocycles. The number of nitrogens with two attached hydrogens (primary N) is 1. The van der Waals surface area contributed by atoms with Crippen LogP contribution in [-0.2, 0) is 9.53 Å². The van der Waals surface area contributed by atoms with E-state index in [4.69, 9.17) is 10.5 Å². The number of ether oxygens (including phenoxy) is 1. The van der Waals surface area contributed by atoms with Crippen molar-refractivity contribution < 1.29 is 22.7 Å². The van der Waals surface area contributed by atoms with Crippen LogP contribution in [0.25, 0.3) is 11.1 Å². The van der Waals surface area contributed by atoms with Gasteiger partial charge in [-0.25, -0.2) is 13.2 Å². The fourth-order valence-electron chi connectivity index (χ4n) is 2.24. The van der Waals surface area contributed by atoms with Gasteiger partial charge < -0.3 is 10.5 Å². The van der Waals surface area contributed by atoms with E-state index in [1.165, 1.54) is 18.2 Å². The number of benzene rings is 2. The summed E-state index contributed by atoms with van der Waals surface area (Å²) in [7, 11) is 0. The van der Waals surface area contributed by atoms with Gasteiger partial charge in [0.25, 0.3) is 0 Å². The van der Waals surface area contributed by atoms with Crippen LogP contribution in [0.3, 0.4) is 0 Å². The maximum absolute atomic E-state index is 14.0. The van der Waals surface area contributed by atoms with Gasteiger partial charge in [-0.3, -0.25) is 4.79 Å². The molecule has 0 aliphatic heterocycles. The van der Waals surface area contributed by atoms with Gasteiger partial charge in [0.2, 0.25) is 0 Å². The largest absolute Gasteiger partial charge is 0.466 e. The second kappa shape index (κ2) is 7.28. The molecule has 0 fully saturated rings. The zero-order valence-electron chi connectivity index (χ0n) is 12.5. The lowest BCUT2D eigenvalue weighted by Gasteiger charge is -2.14. The Bertz CT molecular complexity index is 699. The molecule has 0 aliphatic carbocycles. The van der Waals surface area contributed by atoms with E-state index < -0.39 is 35.0 Å². The van der Waals surface area contributed by atoms with Gasteiger partial charge in [-0.1, -0.05) is 12.1 Å². The smallest absolute Gasteiger partial charge is 0.307 e. The number of halogens is 3. The maximum atomic E-state index is 14.0. The molecule has 0 saturated heterocycles. The van der Waals surface area contributed by atoms with E-state index in [2.05, 4.69) is 0 Å². The molecular weight excluding hydrogens is 307 g/mol. The molecule has 0 saturated carbocycles. The summed E-state index contributed by atoms with van der Waals surface area (Å²) < 4.78 is 46.5. The third kappa shape index (κ3) is 3.90. The van der Waals surface area contributed by atoms with Crippen LogP contribution in [-0.4, -0.2) is 12.6 Å². The van der Waals surface area contributed by atoms with Crippen molar-refractivity contribution in [1.29, 1.82) is 0 Å². The number of carbonyl (C=O) groups is 1. The van der Waals surface area contributed by atoms with E-state index in [0.29, 0.717) is 5.56 Å². The summed E-state index contributed by atoms with van der Waals surface area (Å²) in [5, 5.41) is 0. The molecule has 1 atom stereocenters. The van der Waals surface area contributed by atoms with Crippen LogP contribution in [0.1, 0.15) is 24.9 Å². The lowest BCUT2D eigenvalue weighted by Crippen LogP contribution is -2.17. The minimum Gasteiger partial charge on any atom is -0.466 e. The van der Waals surface area contributed by atoms with Crippen molar-refractivity contribution in [2.45, 2.75) is 19.4 Å². The average Bonchev–Trinajstić information content (AvgIpc) is 2.49. The number of hydrogen-bond donors (Lipinski definition) is 1. The highest BCUT2D eigenvalue weighted by Gasteiger charge is 2.18. The number of rotatable bonds is 5. The first kappa shape index (κ1) is 17.0. The summed E-state index contributed by atoms with van der Waals surface area (Å²) in [4.78, 5) is 11.5. The lowest BCUT2D eigenvalue weighted by atomic mass is 9.97. The Morgan fingerprint density at radius 1 is 1.13 bits per heavy atom. The topological polar surface area (TPSA) is 52.3 Å². The highest BCUT2D eigenvalue weighted by molar-refractivity contribution is 5.71. The molecule has 0 unspecified atom stereocenters. The van der Waals surface area contributed by atoms with Crippen molar-refractivity contribution in [3.8, 4) is 11.1 Å². The predicted molar refractivity (Wildman–Crippen MR) is 79.9 cm³/mol. The van der Waals surface area contributed by atoms with E-state index in [9.17, 15) is 18.0 Å². The van der Waals surface area contributed by atoms with Gasteiger partial charge >= 0.3 is 5.97 Å². The maximum Gasteiger partial charge on any atom is 0.307 e. The van der Waals surface area contributed by atoms with Crippen LogP contribution in [0.4, 0.5) is 13.2 Å². The molecule has 2 aromatic rings. The Morgan fingerprint density at radius 3 is 2.39 bits per heavy atom. The fraction of sp³-hybridized carbons (Fsp3) is 0.235. The van der Waals surface area contributed by atoms with Crippen LogP contribution in [0.2, 0.25) is 0 Å². The van der Waals surface area contributed by atoms with Gasteiger partial charge in [0.05, 0.1) is 18.6 Å². The molecule has 2 aromatic carbocycles. The van der Waals surface area contributed by atoms with Crippen LogP contribution in [0, 0.1) is 17.5 Å². The number of hydrogen-bond acceptors (Lipinski definition) is 3. The molecule has 23 heavy (non-hydrogen) atoms. The number of carbonyl (C=O) groups excluding carboxylic acids is 1. The lowest BCUT2D eigenvalue weighted by molar-refractivity contribution is -0.143. The number of esters is 1. The SMILES string of the molecule is CCOC(=O)C[C@H](N)c1ccc(F)c(-c2c(F)cccc2F)c1. The van der Waals surface area contributed by atoms with E-state index in [1.54, 1.807) is 6.92 Å². The minimum absolute atomic E-state index is 0.112. The predicted octanol–water partition coefficient (Wildman–Crippen LogP) is 3.72. The monoisotopic (exact) mass is 323 g/mol. The Hall–Kier alpha value is -2.34. The molecule has 0 bridgehead atoms. The van der Waals surface area contributed by atoms with Crippen LogP contribution >= 0.6 is 0 Å². The standard InChI is InChI=1S/C17H16F3NO2/c1-2-23-16(22)9-15(21)10-6-7-12(18)11(8-10)17-13(19)4-3-5-14(17)20/h3-8,15H,2,9,21H2,1H3/t15-/m0/s1. The Kier molecular flexibility index (Phi) is 5.39. The highest BCUT2D eigenvalue weighted by Crippen LogP contribution is 2.30. The molecule has 0 spiro atoms. The molecule has 0 radical (unpaired) electrons. The van der Waals surface area contributed by atoms with Crippen LogP contribution < -0.4 is 5.73 Å². The van der Waals surface area contributed by atoms with Gasteiger partial charge in [0.15, 0.2) is 0 Å². The molecule has 0 aromatic heterocycles. The molecule has 0 aliphatic rings. The van der Waals surface area contributed by atoms with E-state index >= 15 is 0 Å². The first-order chi connectivity index (χ1) is 10.9. The second-order valence-electron chi connectivity index (χ2n) is 4.95. The quantitative estimate of drug-likeness (QED) is 0.853. The molecule has 3 nitrogen and oxygen atoms in total. The second-order valence-corrected chi connectivity index (χ2v) is 4.95. The van der Waals surface area contributed by atoms with Crippen LogP contribution in [0.15, 0.2) is 36.4 Å². The van der Waals surface area contributed by atoms with Crippen molar-refractivity contribution in [3.05, 3.63) is 59.4 Å². The van der Waals surface area contributed by atoms with Crippen molar-refractivity contribution in [2.24, 2.45) is 5.73 Å². The van der Waals surface area contributed by atoms with Gasteiger partial charge in [-0.15, -0.1) is 0 Å². The third-order valence-corrected chi connectivity index (χ3v) is 3.34. The molecule has 2 N–H and O–H groups in total. The average molecular weight is 323 g/mol. The summed E-state index contributed by atoms with van der Waals surface area (Å²) in [5.74, 6) is -3.02. The van der Waals surface area contributed by atoms with Crippen molar-refractivity contribution in [3.63, 3.8) is 0 Å². The summed E-state index contributed by atoms with van der Waals surface area (Å²) >= 11 is 0. The van der Waals surface area contributed by atoms with Crippen LogP contribution in [0.5, 0.6) is 0 Å². The summed E-state index contributed by atoms with van der Waals surface area (Å²) in [6, 6.07) is 6.22. The first-order valence-corrected chi connectivity index (χ1v) is 7.09. The van der Waals surface area contributed by atoms with Gasteiger partial charge in [-0.05, 0) is 36.8 Å². The van der Waals surface area contributed by atoms with E-state index in [-0.39, 0.29) is 18.6 Å². The molecule has 6 heteroatoms. The third-order valence-electron chi connectivity index (χ3n) is 3.34. The summed E-state index contributed by atoms with van der Waals surface area (Å²) in [6.45, 7) is 1.89. The Morgan fingerprint density at radius 2 is 1.78 bits per heavy atom. The van der Waals surface area contributed by atoms with Gasteiger partial charge in [0, 0.05) is 11.6 Å². The van der Waals surface area contributed by atoms with E-state index in [0.717, 1.165) is 18.2 Å². The molecule has 122 valence electrons. The van der Waals surface area contributed by atoms with Crippen molar-refractivity contribution in [2.75, 3.05) is 6.61 Å². The van der Waals surface area contributed by atoms with E-state index in [1.807, 2.05) is 0 Å². The van der Waals surface area contributed by atoms with Gasteiger partial charge in [0.1, 0.15) is 17.5 Å². The molecular formula is C17H16F3NO2. The normalized spacial score (nSPS) is 12.0. The Balaban J connectivity index is 2.38. The molecule has 2 rings (SSSR count). The summed E-state index contributed by atoms with van der Waals surface area (Å²) in [5.41, 5.74) is 5.57. The zero-order valence-corrected chi connectivity index (χ0v) is 12.5. The fourth-order valence-corrected chi connectivity index (χ4v) is 2.24.